The van der Waals surface area contributed by atoms with E-state index in [1.54, 1.807) is 0 Å². The van der Waals surface area contributed by atoms with Crippen LogP contribution in [0.5, 0.6) is 11.5 Å². The summed E-state index contributed by atoms with van der Waals surface area (Å²) in [6, 6.07) is 3.25. The van der Waals surface area contributed by atoms with Crippen LogP contribution in [0.25, 0.3) is 0 Å². The summed E-state index contributed by atoms with van der Waals surface area (Å²) in [6.07, 6.45) is 0. The molecular weight excluding hydrogens is 330 g/mol. The van der Waals surface area contributed by atoms with Crippen LogP contribution in [0.2, 0.25) is 0 Å². The maximum absolute atomic E-state index is 13.5. The largest absolute Gasteiger partial charge is 0.493 e. The first-order valence-corrected chi connectivity index (χ1v) is 5.93. The molecule has 23 heavy (non-hydrogen) atoms. The van der Waals surface area contributed by atoms with E-state index in [4.69, 9.17) is 4.74 Å². The van der Waals surface area contributed by atoms with Crippen LogP contribution >= 0.6 is 0 Å². The topological polar surface area (TPSA) is 43.4 Å². The molecule has 1 aromatic heterocycles. The minimum atomic E-state index is -3.18. The molecule has 0 aliphatic heterocycles. The second-order valence-electron chi connectivity index (χ2n) is 4.07. The maximum Gasteiger partial charge on any atom is 0.387 e. The first-order valence-electron chi connectivity index (χ1n) is 5.93. The van der Waals surface area contributed by atoms with Gasteiger partial charge >= 0.3 is 6.61 Å². The zero-order chi connectivity index (χ0) is 17.1. The Morgan fingerprint density at radius 1 is 1.00 bits per heavy atom. The lowest BCUT2D eigenvalue weighted by atomic mass is 10.2. The summed E-state index contributed by atoms with van der Waals surface area (Å²) in [6.45, 7) is -3.18. The highest BCUT2D eigenvalue weighted by atomic mass is 19.3. The molecule has 2 rings (SSSR count). The number of methoxy groups -OCH3 is 1. The van der Waals surface area contributed by atoms with Gasteiger partial charge in [0.2, 0.25) is 11.6 Å². The summed E-state index contributed by atoms with van der Waals surface area (Å²) in [5, 5.41) is 2.04. The van der Waals surface area contributed by atoms with E-state index in [0.29, 0.717) is 0 Å². The van der Waals surface area contributed by atoms with Crippen molar-refractivity contribution in [3.05, 3.63) is 41.7 Å². The van der Waals surface area contributed by atoms with E-state index in [1.807, 2.05) is 5.32 Å². The van der Waals surface area contributed by atoms with E-state index in [1.165, 1.54) is 13.2 Å². The Bertz CT molecular complexity index is 700. The molecule has 0 aliphatic rings. The van der Waals surface area contributed by atoms with Crippen LogP contribution < -0.4 is 14.8 Å². The fourth-order valence-electron chi connectivity index (χ4n) is 1.68. The predicted molar refractivity (Wildman–Crippen MR) is 67.0 cm³/mol. The molecule has 2 aromatic rings. The van der Waals surface area contributed by atoms with Crippen LogP contribution in [0.4, 0.5) is 37.7 Å². The molecule has 0 amide bonds. The van der Waals surface area contributed by atoms with Crippen LogP contribution in [-0.2, 0) is 0 Å². The molecule has 0 saturated heterocycles. The van der Waals surface area contributed by atoms with Crippen molar-refractivity contribution in [1.29, 1.82) is 0 Å². The van der Waals surface area contributed by atoms with Gasteiger partial charge in [-0.25, -0.2) is 0 Å². The molecule has 0 saturated carbocycles. The normalized spacial score (nSPS) is 10.8. The quantitative estimate of drug-likeness (QED) is 0.661. The van der Waals surface area contributed by atoms with Crippen LogP contribution in [0.3, 0.4) is 0 Å². The van der Waals surface area contributed by atoms with Gasteiger partial charge in [0.1, 0.15) is 5.69 Å². The molecule has 0 radical (unpaired) electrons. The van der Waals surface area contributed by atoms with Gasteiger partial charge in [-0.2, -0.15) is 31.3 Å². The van der Waals surface area contributed by atoms with Crippen LogP contribution in [0.15, 0.2) is 18.2 Å². The van der Waals surface area contributed by atoms with Gasteiger partial charge in [-0.1, -0.05) is 0 Å². The minimum Gasteiger partial charge on any atom is -0.493 e. The Labute approximate surface area is 125 Å². The summed E-state index contributed by atoms with van der Waals surface area (Å²) >= 11 is 0. The molecule has 0 spiro atoms. The highest BCUT2D eigenvalue weighted by molar-refractivity contribution is 5.64. The summed E-state index contributed by atoms with van der Waals surface area (Å²) in [7, 11) is 1.19. The number of alkyl halides is 2. The van der Waals surface area contributed by atoms with Gasteiger partial charge in [-0.05, 0) is 12.1 Å². The second kappa shape index (κ2) is 6.63. The number of rotatable bonds is 5. The Morgan fingerprint density at radius 2 is 1.61 bits per heavy atom. The third-order valence-corrected chi connectivity index (χ3v) is 2.65. The van der Waals surface area contributed by atoms with Crippen molar-refractivity contribution in [1.82, 2.24) is 4.98 Å². The van der Waals surface area contributed by atoms with E-state index in [9.17, 15) is 26.3 Å². The van der Waals surface area contributed by atoms with E-state index < -0.39 is 41.6 Å². The highest BCUT2D eigenvalue weighted by Gasteiger charge is 2.21. The van der Waals surface area contributed by atoms with Gasteiger partial charge < -0.3 is 14.8 Å². The molecule has 10 heteroatoms. The zero-order valence-electron chi connectivity index (χ0n) is 11.3. The van der Waals surface area contributed by atoms with Gasteiger partial charge in [0.15, 0.2) is 11.5 Å². The van der Waals surface area contributed by atoms with E-state index in [0.717, 1.165) is 12.1 Å². The molecule has 0 atom stereocenters. The Morgan fingerprint density at radius 3 is 2.13 bits per heavy atom. The lowest BCUT2D eigenvalue weighted by Crippen LogP contribution is -2.07. The number of nitrogens with one attached hydrogen (secondary N) is 1. The highest BCUT2D eigenvalue weighted by Crippen LogP contribution is 2.34. The molecule has 0 fully saturated rings. The lowest BCUT2D eigenvalue weighted by molar-refractivity contribution is -0.0511. The van der Waals surface area contributed by atoms with Crippen molar-refractivity contribution in [3.63, 3.8) is 0 Å². The molecule has 0 aliphatic carbocycles. The SMILES string of the molecule is COc1ccc(Nc2c(F)c(F)nc(F)c2F)cc1OC(F)F. The summed E-state index contributed by atoms with van der Waals surface area (Å²) < 4.78 is 86.6. The van der Waals surface area contributed by atoms with Crippen molar-refractivity contribution in [2.45, 2.75) is 6.61 Å². The number of hydrogen-bond acceptors (Lipinski definition) is 4. The van der Waals surface area contributed by atoms with E-state index >= 15 is 0 Å². The van der Waals surface area contributed by atoms with Crippen LogP contribution in [-0.4, -0.2) is 18.7 Å². The van der Waals surface area contributed by atoms with Crippen molar-refractivity contribution in [2.75, 3.05) is 12.4 Å². The number of ether oxygens (including phenoxy) is 2. The Balaban J connectivity index is 2.41. The molecule has 1 heterocycles. The maximum atomic E-state index is 13.5. The molecule has 0 bridgehead atoms. The third kappa shape index (κ3) is 3.58. The van der Waals surface area contributed by atoms with Crippen molar-refractivity contribution in [3.8, 4) is 11.5 Å². The zero-order valence-corrected chi connectivity index (χ0v) is 11.3. The van der Waals surface area contributed by atoms with Crippen LogP contribution in [0, 0.1) is 23.5 Å². The first-order chi connectivity index (χ1) is 10.8. The third-order valence-electron chi connectivity index (χ3n) is 2.65. The smallest absolute Gasteiger partial charge is 0.387 e. The fourth-order valence-corrected chi connectivity index (χ4v) is 1.68. The monoisotopic (exact) mass is 338 g/mol. The Kier molecular flexibility index (Phi) is 4.82. The molecule has 4 nitrogen and oxygen atoms in total. The number of anilines is 2. The number of aromatic nitrogens is 1. The van der Waals surface area contributed by atoms with Gasteiger partial charge in [-0.3, -0.25) is 0 Å². The summed E-state index contributed by atoms with van der Waals surface area (Å²) in [4.78, 5) is 2.39. The fraction of sp³-hybridized carbons (Fsp3) is 0.154. The lowest BCUT2D eigenvalue weighted by Gasteiger charge is -2.13. The minimum absolute atomic E-state index is 0.0797. The van der Waals surface area contributed by atoms with Gasteiger partial charge in [0, 0.05) is 11.8 Å². The number of benzene rings is 1. The molecular formula is C13H8F6N2O2. The van der Waals surface area contributed by atoms with Crippen molar-refractivity contribution in [2.24, 2.45) is 0 Å². The molecule has 1 aromatic carbocycles. The van der Waals surface area contributed by atoms with Gasteiger partial charge in [-0.15, -0.1) is 0 Å². The first kappa shape index (κ1) is 16.7. The number of pyridine rings is 1. The predicted octanol–water partition coefficient (Wildman–Crippen LogP) is 3.99. The molecule has 0 unspecified atom stereocenters. The number of nitrogens with zero attached hydrogens (tertiary/aromatic N) is 1. The van der Waals surface area contributed by atoms with E-state index in [-0.39, 0.29) is 11.4 Å². The average Bonchev–Trinajstić information content (AvgIpc) is 2.49. The number of halogens is 6. The summed E-state index contributed by atoms with van der Waals surface area (Å²) in [5.41, 5.74) is -1.34. The number of hydrogen-bond donors (Lipinski definition) is 1. The van der Waals surface area contributed by atoms with Crippen LogP contribution in [0.1, 0.15) is 0 Å². The molecule has 1 N–H and O–H groups in total. The second-order valence-corrected chi connectivity index (χ2v) is 4.07. The average molecular weight is 338 g/mol. The van der Waals surface area contributed by atoms with Gasteiger partial charge in [0.25, 0.3) is 11.9 Å². The van der Waals surface area contributed by atoms with Gasteiger partial charge in [0.05, 0.1) is 7.11 Å². The molecule has 124 valence electrons. The Hall–Kier alpha value is -2.65. The van der Waals surface area contributed by atoms with Crippen molar-refractivity contribution < 1.29 is 35.8 Å². The van der Waals surface area contributed by atoms with Crippen molar-refractivity contribution >= 4 is 11.4 Å². The summed E-state index contributed by atoms with van der Waals surface area (Å²) in [5.74, 6) is -7.77. The van der Waals surface area contributed by atoms with E-state index in [2.05, 4.69) is 9.72 Å². The standard InChI is InChI=1S/C13H8F6N2O2/c1-22-6-3-2-5(4-7(6)23-13(18)19)20-10-8(14)11(16)21-12(17)9(10)15/h2-4,13H,1H3,(H,20,21).